The fraction of sp³-hybridized carbons (Fsp3) is 0.188. The predicted octanol–water partition coefficient (Wildman–Crippen LogP) is 4.00. The molecule has 0 fully saturated rings. The first kappa shape index (κ1) is 14.4. The summed E-state index contributed by atoms with van der Waals surface area (Å²) in [7, 11) is 4.04. The number of hydrogen-bond acceptors (Lipinski definition) is 3. The van der Waals surface area contributed by atoms with Crippen LogP contribution in [-0.2, 0) is 6.54 Å². The maximum absolute atomic E-state index is 9.12. The number of hydrogen-bond donors (Lipinski definition) is 1. The van der Waals surface area contributed by atoms with E-state index < -0.39 is 0 Å². The van der Waals surface area contributed by atoms with Crippen LogP contribution in [0, 0.1) is 11.3 Å². The van der Waals surface area contributed by atoms with Gasteiger partial charge in [0.05, 0.1) is 11.3 Å². The van der Waals surface area contributed by atoms with Gasteiger partial charge in [-0.05, 0) is 35.9 Å². The molecule has 0 saturated carbocycles. The van der Waals surface area contributed by atoms with Crippen LogP contribution in [0.1, 0.15) is 11.1 Å². The van der Waals surface area contributed by atoms with E-state index in [4.69, 9.17) is 5.26 Å². The first-order valence-corrected chi connectivity index (χ1v) is 7.09. The SMILES string of the molecule is CN(C)c1ccc(CNc2ccc(Br)cc2C#N)cc1. The summed E-state index contributed by atoms with van der Waals surface area (Å²) in [4.78, 5) is 2.07. The first-order chi connectivity index (χ1) is 9.60. The van der Waals surface area contributed by atoms with Gasteiger partial charge >= 0.3 is 0 Å². The minimum atomic E-state index is 0.643. The predicted molar refractivity (Wildman–Crippen MR) is 87.0 cm³/mol. The lowest BCUT2D eigenvalue weighted by Crippen LogP contribution is -2.08. The highest BCUT2D eigenvalue weighted by Gasteiger charge is 2.03. The van der Waals surface area contributed by atoms with Crippen LogP contribution in [-0.4, -0.2) is 14.1 Å². The van der Waals surface area contributed by atoms with E-state index in [-0.39, 0.29) is 0 Å². The lowest BCUT2D eigenvalue weighted by molar-refractivity contribution is 1.11. The van der Waals surface area contributed by atoms with E-state index in [0.717, 1.165) is 10.2 Å². The molecule has 0 radical (unpaired) electrons. The van der Waals surface area contributed by atoms with Crippen LogP contribution in [0.5, 0.6) is 0 Å². The third-order valence-corrected chi connectivity index (χ3v) is 3.53. The Morgan fingerprint density at radius 3 is 2.45 bits per heavy atom. The molecule has 3 nitrogen and oxygen atoms in total. The van der Waals surface area contributed by atoms with Crippen LogP contribution < -0.4 is 10.2 Å². The summed E-state index contributed by atoms with van der Waals surface area (Å²) in [5.74, 6) is 0. The number of anilines is 2. The van der Waals surface area contributed by atoms with Crippen molar-refractivity contribution in [2.45, 2.75) is 6.54 Å². The van der Waals surface area contributed by atoms with Crippen LogP contribution in [0.15, 0.2) is 46.9 Å². The van der Waals surface area contributed by atoms with Crippen molar-refractivity contribution in [1.29, 1.82) is 5.26 Å². The minimum Gasteiger partial charge on any atom is -0.380 e. The van der Waals surface area contributed by atoms with Gasteiger partial charge in [0.1, 0.15) is 6.07 Å². The zero-order chi connectivity index (χ0) is 14.5. The third-order valence-electron chi connectivity index (χ3n) is 3.04. The minimum absolute atomic E-state index is 0.643. The van der Waals surface area contributed by atoms with Crippen LogP contribution >= 0.6 is 15.9 Å². The van der Waals surface area contributed by atoms with Gasteiger partial charge in [-0.2, -0.15) is 5.26 Å². The number of benzene rings is 2. The summed E-state index contributed by atoms with van der Waals surface area (Å²) < 4.78 is 0.912. The second-order valence-corrected chi connectivity index (χ2v) is 5.63. The van der Waals surface area contributed by atoms with Crippen molar-refractivity contribution in [3.63, 3.8) is 0 Å². The lowest BCUT2D eigenvalue weighted by Gasteiger charge is -2.13. The Kier molecular flexibility index (Phi) is 4.65. The highest BCUT2D eigenvalue weighted by molar-refractivity contribution is 9.10. The largest absolute Gasteiger partial charge is 0.380 e. The highest BCUT2D eigenvalue weighted by Crippen LogP contribution is 2.21. The fourth-order valence-corrected chi connectivity index (χ4v) is 2.23. The molecular formula is C16H16BrN3. The molecule has 1 N–H and O–H groups in total. The fourth-order valence-electron chi connectivity index (χ4n) is 1.87. The molecule has 0 aliphatic rings. The van der Waals surface area contributed by atoms with Crippen molar-refractivity contribution in [3.05, 3.63) is 58.1 Å². The summed E-state index contributed by atoms with van der Waals surface area (Å²) in [6, 6.07) is 16.2. The first-order valence-electron chi connectivity index (χ1n) is 6.30. The zero-order valence-electron chi connectivity index (χ0n) is 11.5. The topological polar surface area (TPSA) is 39.1 Å². The molecule has 20 heavy (non-hydrogen) atoms. The number of rotatable bonds is 4. The lowest BCUT2D eigenvalue weighted by atomic mass is 10.1. The van der Waals surface area contributed by atoms with Gasteiger partial charge in [0.25, 0.3) is 0 Å². The Morgan fingerprint density at radius 1 is 1.15 bits per heavy atom. The van der Waals surface area contributed by atoms with Crippen molar-refractivity contribution in [2.24, 2.45) is 0 Å². The molecule has 2 aromatic carbocycles. The van der Waals surface area contributed by atoms with Crippen LogP contribution in [0.25, 0.3) is 0 Å². The monoisotopic (exact) mass is 329 g/mol. The summed E-state index contributed by atoms with van der Waals surface area (Å²) in [5, 5.41) is 12.4. The zero-order valence-corrected chi connectivity index (χ0v) is 13.1. The van der Waals surface area contributed by atoms with Gasteiger partial charge in [-0.25, -0.2) is 0 Å². The molecule has 4 heteroatoms. The summed E-state index contributed by atoms with van der Waals surface area (Å²) in [5.41, 5.74) is 3.86. The molecule has 0 aromatic heterocycles. The van der Waals surface area contributed by atoms with Crippen molar-refractivity contribution >= 4 is 27.3 Å². The van der Waals surface area contributed by atoms with Gasteiger partial charge in [-0.15, -0.1) is 0 Å². The van der Waals surface area contributed by atoms with Gasteiger partial charge in [-0.3, -0.25) is 0 Å². The Hall–Kier alpha value is -1.99. The van der Waals surface area contributed by atoms with Crippen molar-refractivity contribution in [2.75, 3.05) is 24.3 Å². The van der Waals surface area contributed by atoms with Crippen molar-refractivity contribution < 1.29 is 0 Å². The Balaban J connectivity index is 2.07. The van der Waals surface area contributed by atoms with Gasteiger partial charge < -0.3 is 10.2 Å². The van der Waals surface area contributed by atoms with Crippen LogP contribution in [0.3, 0.4) is 0 Å². The van der Waals surface area contributed by atoms with Crippen LogP contribution in [0.2, 0.25) is 0 Å². The average Bonchev–Trinajstić information content (AvgIpc) is 2.46. The molecule has 0 aliphatic heterocycles. The molecule has 102 valence electrons. The molecule has 0 bridgehead atoms. The Bertz CT molecular complexity index is 627. The van der Waals surface area contributed by atoms with Crippen LogP contribution in [0.4, 0.5) is 11.4 Å². The molecule has 0 unspecified atom stereocenters. The Labute approximate surface area is 128 Å². The van der Waals surface area contributed by atoms with E-state index in [1.165, 1.54) is 11.3 Å². The standard InChI is InChI=1S/C16H16BrN3/c1-20(2)15-6-3-12(4-7-15)11-19-16-8-5-14(17)9-13(16)10-18/h3-9,19H,11H2,1-2H3. The van der Waals surface area contributed by atoms with E-state index in [2.05, 4.69) is 56.5 Å². The molecule has 0 spiro atoms. The number of nitrogens with one attached hydrogen (secondary N) is 1. The normalized spacial score (nSPS) is 9.90. The van der Waals surface area contributed by atoms with E-state index in [1.807, 2.05) is 32.3 Å². The molecule has 0 aliphatic carbocycles. The van der Waals surface area contributed by atoms with Gasteiger partial charge in [0.15, 0.2) is 0 Å². The van der Waals surface area contributed by atoms with Crippen molar-refractivity contribution in [3.8, 4) is 6.07 Å². The molecule has 0 atom stereocenters. The maximum Gasteiger partial charge on any atom is 0.101 e. The smallest absolute Gasteiger partial charge is 0.101 e. The highest BCUT2D eigenvalue weighted by atomic mass is 79.9. The number of nitrogens with zero attached hydrogens (tertiary/aromatic N) is 2. The summed E-state index contributed by atoms with van der Waals surface area (Å²) >= 11 is 3.37. The average molecular weight is 330 g/mol. The molecule has 0 heterocycles. The molecule has 2 rings (SSSR count). The molecular weight excluding hydrogens is 314 g/mol. The number of halogens is 1. The summed E-state index contributed by atoms with van der Waals surface area (Å²) in [6.45, 7) is 0.698. The second-order valence-electron chi connectivity index (χ2n) is 4.72. The third kappa shape index (κ3) is 3.52. The molecule has 0 saturated heterocycles. The molecule has 2 aromatic rings. The van der Waals surface area contributed by atoms with Gasteiger partial charge in [0.2, 0.25) is 0 Å². The van der Waals surface area contributed by atoms with E-state index in [0.29, 0.717) is 12.1 Å². The number of nitriles is 1. The van der Waals surface area contributed by atoms with Gasteiger partial charge in [-0.1, -0.05) is 28.1 Å². The van der Waals surface area contributed by atoms with Crippen molar-refractivity contribution in [1.82, 2.24) is 0 Å². The van der Waals surface area contributed by atoms with E-state index in [1.54, 1.807) is 0 Å². The molecule has 0 amide bonds. The summed E-state index contributed by atoms with van der Waals surface area (Å²) in [6.07, 6.45) is 0. The van der Waals surface area contributed by atoms with E-state index >= 15 is 0 Å². The Morgan fingerprint density at radius 2 is 1.85 bits per heavy atom. The van der Waals surface area contributed by atoms with Gasteiger partial charge in [0, 0.05) is 30.8 Å². The maximum atomic E-state index is 9.12. The quantitative estimate of drug-likeness (QED) is 0.921. The van der Waals surface area contributed by atoms with E-state index in [9.17, 15) is 0 Å². The second kappa shape index (κ2) is 6.44.